The van der Waals surface area contributed by atoms with Gasteiger partial charge in [-0.3, -0.25) is 0 Å². The third-order valence-electron chi connectivity index (χ3n) is 4.19. The minimum absolute atomic E-state index is 0.183. The predicted octanol–water partition coefficient (Wildman–Crippen LogP) is 3.55. The molecule has 3 rings (SSSR count). The zero-order chi connectivity index (χ0) is 14.0. The lowest BCUT2D eigenvalue weighted by Crippen LogP contribution is -2.51. The Labute approximate surface area is 119 Å². The highest BCUT2D eigenvalue weighted by molar-refractivity contribution is 5.37. The molecule has 0 amide bonds. The first-order valence-electron chi connectivity index (χ1n) is 7.00. The van der Waals surface area contributed by atoms with Crippen molar-refractivity contribution in [1.82, 2.24) is 5.32 Å². The summed E-state index contributed by atoms with van der Waals surface area (Å²) in [6.07, 6.45) is 3.41. The van der Waals surface area contributed by atoms with E-state index in [4.69, 9.17) is 4.42 Å². The highest BCUT2D eigenvalue weighted by Gasteiger charge is 2.46. The van der Waals surface area contributed by atoms with Gasteiger partial charge in [-0.05, 0) is 37.5 Å². The Morgan fingerprint density at radius 2 is 2.00 bits per heavy atom. The molecule has 3 heteroatoms. The van der Waals surface area contributed by atoms with Gasteiger partial charge in [-0.1, -0.05) is 30.3 Å². The minimum atomic E-state index is -0.318. The fourth-order valence-corrected chi connectivity index (χ4v) is 3.02. The molecule has 1 atom stereocenters. The first-order chi connectivity index (χ1) is 9.73. The van der Waals surface area contributed by atoms with Crippen molar-refractivity contribution in [3.05, 3.63) is 60.1 Å². The summed E-state index contributed by atoms with van der Waals surface area (Å²) in [5.74, 6) is 0.944. The Morgan fingerprint density at radius 1 is 1.25 bits per heavy atom. The Morgan fingerprint density at radius 3 is 2.60 bits per heavy atom. The molecule has 0 bridgehead atoms. The molecule has 20 heavy (non-hydrogen) atoms. The molecular weight excluding hydrogens is 248 g/mol. The molecule has 1 aliphatic rings. The second kappa shape index (κ2) is 5.15. The van der Waals surface area contributed by atoms with Crippen molar-refractivity contribution in [3.63, 3.8) is 0 Å². The lowest BCUT2D eigenvalue weighted by Gasteiger charge is -2.44. The third kappa shape index (κ3) is 2.23. The fourth-order valence-electron chi connectivity index (χ4n) is 3.02. The molecule has 0 radical (unpaired) electrons. The largest absolute Gasteiger partial charge is 0.468 e. The summed E-state index contributed by atoms with van der Waals surface area (Å²) in [7, 11) is 0. The van der Waals surface area contributed by atoms with Crippen LogP contribution in [0.15, 0.2) is 53.1 Å². The van der Waals surface area contributed by atoms with E-state index in [9.17, 15) is 5.26 Å². The first kappa shape index (κ1) is 13.0. The van der Waals surface area contributed by atoms with Gasteiger partial charge in [-0.2, -0.15) is 5.26 Å². The van der Waals surface area contributed by atoms with Gasteiger partial charge >= 0.3 is 0 Å². The van der Waals surface area contributed by atoms with Crippen LogP contribution in [-0.4, -0.2) is 6.04 Å². The summed E-state index contributed by atoms with van der Waals surface area (Å²) in [6, 6.07) is 17.0. The van der Waals surface area contributed by atoms with Gasteiger partial charge in [0.05, 0.1) is 23.8 Å². The maximum Gasteiger partial charge on any atom is 0.120 e. The van der Waals surface area contributed by atoms with Crippen LogP contribution in [-0.2, 0) is 5.41 Å². The minimum Gasteiger partial charge on any atom is -0.468 e. The number of benzene rings is 1. The van der Waals surface area contributed by atoms with Crippen LogP contribution in [0.3, 0.4) is 0 Å². The molecule has 1 aliphatic carbocycles. The van der Waals surface area contributed by atoms with E-state index in [0.29, 0.717) is 6.04 Å². The van der Waals surface area contributed by atoms with Crippen LogP contribution in [0, 0.1) is 11.3 Å². The molecule has 0 spiro atoms. The van der Waals surface area contributed by atoms with Crippen molar-refractivity contribution < 1.29 is 4.42 Å². The lowest BCUT2D eigenvalue weighted by atomic mass is 9.62. The number of nitriles is 1. The summed E-state index contributed by atoms with van der Waals surface area (Å²) in [6.45, 7) is 2.09. The van der Waals surface area contributed by atoms with E-state index in [1.165, 1.54) is 0 Å². The van der Waals surface area contributed by atoms with Crippen LogP contribution in [0.2, 0.25) is 0 Å². The number of nitrogens with zero attached hydrogens (tertiary/aromatic N) is 1. The molecule has 0 unspecified atom stereocenters. The maximum atomic E-state index is 9.53. The summed E-state index contributed by atoms with van der Waals surface area (Å²) in [5.41, 5.74) is 0.813. The second-order valence-electron chi connectivity index (χ2n) is 5.57. The topological polar surface area (TPSA) is 49.0 Å². The zero-order valence-corrected chi connectivity index (χ0v) is 11.5. The van der Waals surface area contributed by atoms with Crippen molar-refractivity contribution in [2.24, 2.45) is 0 Å². The van der Waals surface area contributed by atoms with Crippen LogP contribution in [0.5, 0.6) is 0 Å². The Kier molecular flexibility index (Phi) is 3.33. The molecule has 1 fully saturated rings. The molecule has 1 heterocycles. The third-order valence-corrected chi connectivity index (χ3v) is 4.19. The number of rotatable bonds is 4. The van der Waals surface area contributed by atoms with Gasteiger partial charge in [0.15, 0.2) is 0 Å². The standard InChI is InChI=1S/C17H18N2O/c1-13(16-8-5-9-20-16)19-15-10-17(11-15,12-18)14-6-3-2-4-7-14/h2-9,13,15,19H,10-11H2,1H3/t13-,15?,17?/m0/s1. The van der Waals surface area contributed by atoms with Crippen LogP contribution in [0.4, 0.5) is 0 Å². The smallest absolute Gasteiger partial charge is 0.120 e. The van der Waals surface area contributed by atoms with Crippen LogP contribution >= 0.6 is 0 Å². The summed E-state index contributed by atoms with van der Waals surface area (Å²) < 4.78 is 5.40. The van der Waals surface area contributed by atoms with Gasteiger partial charge in [0.1, 0.15) is 5.76 Å². The number of hydrogen-bond acceptors (Lipinski definition) is 3. The Hall–Kier alpha value is -2.05. The predicted molar refractivity (Wildman–Crippen MR) is 77.0 cm³/mol. The molecule has 2 aromatic rings. The molecule has 0 saturated heterocycles. The highest BCUT2D eigenvalue weighted by atomic mass is 16.3. The number of furan rings is 1. The van der Waals surface area contributed by atoms with Crippen LogP contribution in [0.1, 0.15) is 37.1 Å². The van der Waals surface area contributed by atoms with Crippen LogP contribution in [0.25, 0.3) is 0 Å². The summed E-state index contributed by atoms with van der Waals surface area (Å²) in [5, 5.41) is 13.1. The Balaban J connectivity index is 1.64. The molecule has 102 valence electrons. The van der Waals surface area contributed by atoms with Gasteiger partial charge < -0.3 is 9.73 Å². The maximum absolute atomic E-state index is 9.53. The SMILES string of the molecule is C[C@H](NC1CC(C#N)(c2ccccc2)C1)c1ccco1. The van der Waals surface area contributed by atoms with Gasteiger partial charge in [-0.15, -0.1) is 0 Å². The van der Waals surface area contributed by atoms with Crippen molar-refractivity contribution >= 4 is 0 Å². The van der Waals surface area contributed by atoms with Gasteiger partial charge in [0, 0.05) is 6.04 Å². The summed E-state index contributed by atoms with van der Waals surface area (Å²) in [4.78, 5) is 0. The lowest BCUT2D eigenvalue weighted by molar-refractivity contribution is 0.206. The molecule has 1 N–H and O–H groups in total. The molecule has 0 aliphatic heterocycles. The monoisotopic (exact) mass is 266 g/mol. The second-order valence-corrected chi connectivity index (χ2v) is 5.57. The van der Waals surface area contributed by atoms with Crippen LogP contribution < -0.4 is 5.32 Å². The van der Waals surface area contributed by atoms with Gasteiger partial charge in [-0.25, -0.2) is 0 Å². The highest BCUT2D eigenvalue weighted by Crippen LogP contribution is 2.44. The van der Waals surface area contributed by atoms with Crippen molar-refractivity contribution in [3.8, 4) is 6.07 Å². The number of nitrogens with one attached hydrogen (secondary N) is 1. The van der Waals surface area contributed by atoms with E-state index >= 15 is 0 Å². The van der Waals surface area contributed by atoms with Gasteiger partial charge in [0.2, 0.25) is 0 Å². The quantitative estimate of drug-likeness (QED) is 0.920. The van der Waals surface area contributed by atoms with E-state index in [-0.39, 0.29) is 11.5 Å². The first-order valence-corrected chi connectivity index (χ1v) is 7.00. The fraction of sp³-hybridized carbons (Fsp3) is 0.353. The molecule has 1 aromatic heterocycles. The van der Waals surface area contributed by atoms with E-state index in [0.717, 1.165) is 24.2 Å². The Bertz CT molecular complexity index is 592. The van der Waals surface area contributed by atoms with Crippen molar-refractivity contribution in [2.45, 2.75) is 37.3 Å². The molecular formula is C17H18N2O. The van der Waals surface area contributed by atoms with E-state index in [1.807, 2.05) is 30.3 Å². The average molecular weight is 266 g/mol. The molecule has 1 saturated carbocycles. The summed E-state index contributed by atoms with van der Waals surface area (Å²) >= 11 is 0. The molecule has 3 nitrogen and oxygen atoms in total. The van der Waals surface area contributed by atoms with E-state index in [1.54, 1.807) is 6.26 Å². The zero-order valence-electron chi connectivity index (χ0n) is 11.5. The van der Waals surface area contributed by atoms with Gasteiger partial charge in [0.25, 0.3) is 0 Å². The normalized spacial score (nSPS) is 26.5. The van der Waals surface area contributed by atoms with Crippen molar-refractivity contribution in [2.75, 3.05) is 0 Å². The van der Waals surface area contributed by atoms with Crippen molar-refractivity contribution in [1.29, 1.82) is 5.26 Å². The number of hydrogen-bond donors (Lipinski definition) is 1. The molecule has 1 aromatic carbocycles. The van der Waals surface area contributed by atoms with E-state index in [2.05, 4.69) is 30.4 Å². The average Bonchev–Trinajstić information content (AvgIpc) is 2.97. The van der Waals surface area contributed by atoms with E-state index < -0.39 is 0 Å².